The summed E-state index contributed by atoms with van der Waals surface area (Å²) in [7, 11) is 1.95. The van der Waals surface area contributed by atoms with Gasteiger partial charge >= 0.3 is 0 Å². The lowest BCUT2D eigenvalue weighted by atomic mass is 9.85. The fraction of sp³-hybridized carbons (Fsp3) is 0.615. The highest BCUT2D eigenvalue weighted by Gasteiger charge is 2.27. The van der Waals surface area contributed by atoms with Crippen LogP contribution in [0.15, 0.2) is 16.7 Å². The monoisotopic (exact) mass is 300 g/mol. The summed E-state index contributed by atoms with van der Waals surface area (Å²) in [5.74, 6) is 0.824. The van der Waals surface area contributed by atoms with Gasteiger partial charge in [-0.1, -0.05) is 19.8 Å². The van der Waals surface area contributed by atoms with E-state index in [4.69, 9.17) is 0 Å². The molecule has 1 saturated carbocycles. The van der Waals surface area contributed by atoms with Crippen LogP contribution in [0.3, 0.4) is 0 Å². The van der Waals surface area contributed by atoms with E-state index in [9.17, 15) is 4.39 Å². The molecule has 1 aromatic heterocycles. The van der Waals surface area contributed by atoms with Crippen molar-refractivity contribution in [1.82, 2.24) is 4.98 Å². The topological polar surface area (TPSA) is 16.1 Å². The van der Waals surface area contributed by atoms with Crippen LogP contribution in [0.4, 0.5) is 10.2 Å². The molecule has 0 N–H and O–H groups in total. The van der Waals surface area contributed by atoms with Crippen molar-refractivity contribution in [3.8, 4) is 0 Å². The Hall–Kier alpha value is -0.640. The van der Waals surface area contributed by atoms with Crippen molar-refractivity contribution in [2.45, 2.75) is 38.6 Å². The second kappa shape index (κ2) is 5.34. The van der Waals surface area contributed by atoms with Crippen molar-refractivity contribution >= 4 is 21.7 Å². The molecule has 2 unspecified atom stereocenters. The van der Waals surface area contributed by atoms with Crippen LogP contribution < -0.4 is 4.90 Å². The lowest BCUT2D eigenvalue weighted by molar-refractivity contribution is 0.319. The Labute approximate surface area is 110 Å². The molecule has 0 aliphatic heterocycles. The second-order valence-corrected chi connectivity index (χ2v) is 5.81. The van der Waals surface area contributed by atoms with Crippen LogP contribution in [0.25, 0.3) is 0 Å². The smallest absolute Gasteiger partial charge is 0.166 e. The molecule has 0 radical (unpaired) electrons. The van der Waals surface area contributed by atoms with E-state index in [0.717, 1.165) is 6.42 Å². The number of anilines is 1. The van der Waals surface area contributed by atoms with Gasteiger partial charge in [0.05, 0.1) is 0 Å². The maximum Gasteiger partial charge on any atom is 0.166 e. The minimum absolute atomic E-state index is 0.250. The highest BCUT2D eigenvalue weighted by Crippen LogP contribution is 2.31. The summed E-state index contributed by atoms with van der Waals surface area (Å²) < 4.78 is 14.5. The summed E-state index contributed by atoms with van der Waals surface area (Å²) >= 11 is 3.23. The number of rotatable bonds is 2. The first-order valence-electron chi connectivity index (χ1n) is 6.13. The summed E-state index contributed by atoms with van der Waals surface area (Å²) in [5.41, 5.74) is 0. The molecule has 1 aliphatic rings. The Balaban J connectivity index is 2.20. The van der Waals surface area contributed by atoms with E-state index in [0.29, 0.717) is 22.3 Å². The van der Waals surface area contributed by atoms with Crippen molar-refractivity contribution in [3.05, 3.63) is 22.6 Å². The molecule has 1 fully saturated rings. The van der Waals surface area contributed by atoms with Crippen LogP contribution in [-0.4, -0.2) is 18.1 Å². The Bertz CT molecular complexity index is 397. The molecule has 94 valence electrons. The molecule has 0 bridgehead atoms. The molecule has 2 atom stereocenters. The number of pyridine rings is 1. The SMILES string of the molecule is CC1CCCCC1N(C)c1ncc(Br)cc1F. The Morgan fingerprint density at radius 3 is 2.76 bits per heavy atom. The molecule has 4 heteroatoms. The summed E-state index contributed by atoms with van der Waals surface area (Å²) in [6, 6.07) is 1.89. The summed E-state index contributed by atoms with van der Waals surface area (Å²) in [5, 5.41) is 0. The number of nitrogens with zero attached hydrogens (tertiary/aromatic N) is 2. The predicted octanol–water partition coefficient (Wildman–Crippen LogP) is 4.00. The van der Waals surface area contributed by atoms with E-state index in [1.807, 2.05) is 11.9 Å². The Morgan fingerprint density at radius 1 is 1.41 bits per heavy atom. The van der Waals surface area contributed by atoms with E-state index in [-0.39, 0.29) is 5.82 Å². The van der Waals surface area contributed by atoms with Crippen molar-refractivity contribution < 1.29 is 4.39 Å². The average molecular weight is 301 g/mol. The van der Waals surface area contributed by atoms with Gasteiger partial charge in [-0.3, -0.25) is 0 Å². The minimum Gasteiger partial charge on any atom is -0.354 e. The number of aromatic nitrogens is 1. The van der Waals surface area contributed by atoms with Gasteiger partial charge in [-0.25, -0.2) is 9.37 Å². The molecule has 1 aromatic rings. The van der Waals surface area contributed by atoms with Gasteiger partial charge in [-0.05, 0) is 40.8 Å². The van der Waals surface area contributed by atoms with Crippen LogP contribution in [0, 0.1) is 11.7 Å². The normalized spacial score (nSPS) is 24.7. The lowest BCUT2D eigenvalue weighted by Crippen LogP contribution is -2.39. The number of hydrogen-bond acceptors (Lipinski definition) is 2. The molecule has 2 rings (SSSR count). The van der Waals surface area contributed by atoms with Crippen LogP contribution in [-0.2, 0) is 0 Å². The van der Waals surface area contributed by atoms with Crippen LogP contribution >= 0.6 is 15.9 Å². The zero-order valence-corrected chi connectivity index (χ0v) is 11.9. The van der Waals surface area contributed by atoms with Gasteiger partial charge in [-0.2, -0.15) is 0 Å². The highest BCUT2D eigenvalue weighted by molar-refractivity contribution is 9.10. The standard InChI is InChI=1S/C13H18BrFN2/c1-9-5-3-4-6-12(9)17(2)13-11(15)7-10(14)8-16-13/h7-9,12H,3-6H2,1-2H3. The molecule has 1 heterocycles. The minimum atomic E-state index is -0.250. The quantitative estimate of drug-likeness (QED) is 0.821. The van der Waals surface area contributed by atoms with Gasteiger partial charge in [0.2, 0.25) is 0 Å². The van der Waals surface area contributed by atoms with E-state index in [1.165, 1.54) is 25.3 Å². The van der Waals surface area contributed by atoms with E-state index < -0.39 is 0 Å². The second-order valence-electron chi connectivity index (χ2n) is 4.90. The highest BCUT2D eigenvalue weighted by atomic mass is 79.9. The third kappa shape index (κ3) is 2.79. The zero-order valence-electron chi connectivity index (χ0n) is 10.3. The van der Waals surface area contributed by atoms with Gasteiger partial charge in [-0.15, -0.1) is 0 Å². The van der Waals surface area contributed by atoms with E-state index >= 15 is 0 Å². The van der Waals surface area contributed by atoms with Crippen molar-refractivity contribution in [3.63, 3.8) is 0 Å². The molecular weight excluding hydrogens is 283 g/mol. The van der Waals surface area contributed by atoms with Gasteiger partial charge in [0.15, 0.2) is 11.6 Å². The van der Waals surface area contributed by atoms with Crippen molar-refractivity contribution in [2.24, 2.45) is 5.92 Å². The molecule has 1 aliphatic carbocycles. The molecule has 17 heavy (non-hydrogen) atoms. The third-order valence-electron chi connectivity index (χ3n) is 3.69. The maximum absolute atomic E-state index is 13.8. The molecular formula is C13H18BrFN2. The third-order valence-corrected chi connectivity index (χ3v) is 4.12. The van der Waals surface area contributed by atoms with Gasteiger partial charge in [0.1, 0.15) is 0 Å². The summed E-state index contributed by atoms with van der Waals surface area (Å²) in [6.07, 6.45) is 6.55. The Morgan fingerprint density at radius 2 is 2.12 bits per heavy atom. The molecule has 2 nitrogen and oxygen atoms in total. The average Bonchev–Trinajstić information content (AvgIpc) is 2.29. The fourth-order valence-electron chi connectivity index (χ4n) is 2.70. The van der Waals surface area contributed by atoms with E-state index in [2.05, 4.69) is 27.8 Å². The first-order valence-corrected chi connectivity index (χ1v) is 6.92. The van der Waals surface area contributed by atoms with Crippen LogP contribution in [0.2, 0.25) is 0 Å². The largest absolute Gasteiger partial charge is 0.354 e. The molecule has 0 saturated heterocycles. The summed E-state index contributed by atoms with van der Waals surface area (Å²) in [4.78, 5) is 6.20. The first kappa shape index (κ1) is 12.8. The Kier molecular flexibility index (Phi) is 4.02. The fourth-order valence-corrected chi connectivity index (χ4v) is 3.00. The summed E-state index contributed by atoms with van der Waals surface area (Å²) in [6.45, 7) is 2.25. The molecule has 0 spiro atoms. The van der Waals surface area contributed by atoms with Gasteiger partial charge in [0.25, 0.3) is 0 Å². The molecule has 0 aromatic carbocycles. The van der Waals surface area contributed by atoms with E-state index in [1.54, 1.807) is 6.20 Å². The number of hydrogen-bond donors (Lipinski definition) is 0. The van der Waals surface area contributed by atoms with Gasteiger partial charge in [0, 0.05) is 23.8 Å². The van der Waals surface area contributed by atoms with Gasteiger partial charge < -0.3 is 4.90 Å². The first-order chi connectivity index (χ1) is 8.09. The molecule has 0 amide bonds. The lowest BCUT2D eigenvalue weighted by Gasteiger charge is -2.37. The predicted molar refractivity (Wildman–Crippen MR) is 71.7 cm³/mol. The van der Waals surface area contributed by atoms with Crippen molar-refractivity contribution in [2.75, 3.05) is 11.9 Å². The van der Waals surface area contributed by atoms with Crippen LogP contribution in [0.5, 0.6) is 0 Å². The maximum atomic E-state index is 13.8. The van der Waals surface area contributed by atoms with Crippen LogP contribution in [0.1, 0.15) is 32.6 Å². The van der Waals surface area contributed by atoms with Crippen molar-refractivity contribution in [1.29, 1.82) is 0 Å². The number of halogens is 2. The zero-order chi connectivity index (χ0) is 12.4.